The predicted molar refractivity (Wildman–Crippen MR) is 102 cm³/mol. The molecule has 2 aromatic carbocycles. The molecule has 2 aromatic heterocycles. The van der Waals surface area contributed by atoms with Gasteiger partial charge < -0.3 is 18.6 Å². The minimum atomic E-state index is 0.496. The van der Waals surface area contributed by atoms with Crippen molar-refractivity contribution < 1.29 is 18.6 Å². The Bertz CT molecular complexity index is 1100. The van der Waals surface area contributed by atoms with Crippen molar-refractivity contribution in [1.29, 1.82) is 0 Å². The first-order valence-corrected chi connectivity index (χ1v) is 8.36. The van der Waals surface area contributed by atoms with E-state index >= 15 is 0 Å². The lowest BCUT2D eigenvalue weighted by Gasteiger charge is -2.10. The van der Waals surface area contributed by atoms with Crippen LogP contribution in [0, 0.1) is 0 Å². The number of ether oxygens (including phenoxy) is 3. The molecule has 0 saturated heterocycles. The minimum Gasteiger partial charge on any atom is -0.497 e. The van der Waals surface area contributed by atoms with Gasteiger partial charge in [-0.25, -0.2) is 4.98 Å². The zero-order chi connectivity index (χ0) is 18.8. The molecule has 0 bridgehead atoms. The molecule has 4 aromatic rings. The summed E-state index contributed by atoms with van der Waals surface area (Å²) in [4.78, 5) is 9.14. The van der Waals surface area contributed by atoms with Gasteiger partial charge in [-0.1, -0.05) is 0 Å². The van der Waals surface area contributed by atoms with Crippen LogP contribution in [0.4, 0.5) is 0 Å². The maximum atomic E-state index is 5.97. The van der Waals surface area contributed by atoms with Gasteiger partial charge in [0.1, 0.15) is 11.3 Å². The van der Waals surface area contributed by atoms with E-state index in [0.29, 0.717) is 23.0 Å². The first-order chi connectivity index (χ1) is 13.2. The van der Waals surface area contributed by atoms with Crippen molar-refractivity contribution in [2.45, 2.75) is 0 Å². The number of aromatic nitrogens is 2. The van der Waals surface area contributed by atoms with Gasteiger partial charge in [0.05, 0.1) is 32.6 Å². The second kappa shape index (κ2) is 6.99. The first kappa shape index (κ1) is 16.9. The molecule has 0 N–H and O–H groups in total. The third kappa shape index (κ3) is 3.06. The second-order valence-electron chi connectivity index (χ2n) is 5.82. The molecule has 0 unspecified atom stereocenters. The topological polar surface area (TPSA) is 66.6 Å². The van der Waals surface area contributed by atoms with Crippen LogP contribution in [0.2, 0.25) is 0 Å². The van der Waals surface area contributed by atoms with Crippen molar-refractivity contribution in [3.63, 3.8) is 0 Å². The molecule has 0 aliphatic heterocycles. The van der Waals surface area contributed by atoms with Crippen molar-refractivity contribution in [3.05, 3.63) is 54.7 Å². The van der Waals surface area contributed by atoms with Crippen LogP contribution in [0.5, 0.6) is 17.2 Å². The number of hydrogen-bond acceptors (Lipinski definition) is 6. The molecule has 0 amide bonds. The van der Waals surface area contributed by atoms with Crippen molar-refractivity contribution in [1.82, 2.24) is 9.97 Å². The fourth-order valence-electron chi connectivity index (χ4n) is 2.94. The number of pyridine rings is 1. The molecule has 0 fully saturated rings. The molecule has 2 heterocycles. The Morgan fingerprint density at radius 3 is 2.48 bits per heavy atom. The van der Waals surface area contributed by atoms with Crippen molar-refractivity contribution in [3.8, 4) is 40.0 Å². The molecule has 0 radical (unpaired) electrons. The van der Waals surface area contributed by atoms with Gasteiger partial charge in [-0.05, 0) is 42.5 Å². The van der Waals surface area contributed by atoms with Crippen molar-refractivity contribution in [2.24, 2.45) is 0 Å². The summed E-state index contributed by atoms with van der Waals surface area (Å²) in [6, 6.07) is 15.0. The predicted octanol–water partition coefficient (Wildman–Crippen LogP) is 4.58. The molecule has 0 aliphatic carbocycles. The highest BCUT2D eigenvalue weighted by molar-refractivity contribution is 5.83. The average molecular weight is 362 g/mol. The van der Waals surface area contributed by atoms with E-state index in [1.54, 1.807) is 27.5 Å². The third-order valence-corrected chi connectivity index (χ3v) is 4.29. The van der Waals surface area contributed by atoms with E-state index in [-0.39, 0.29) is 0 Å². The normalized spacial score (nSPS) is 10.8. The fourth-order valence-corrected chi connectivity index (χ4v) is 2.94. The number of oxazole rings is 1. The van der Waals surface area contributed by atoms with Gasteiger partial charge in [-0.3, -0.25) is 4.98 Å². The summed E-state index contributed by atoms with van der Waals surface area (Å²) in [6.07, 6.45) is 1.74. The van der Waals surface area contributed by atoms with E-state index in [4.69, 9.17) is 18.6 Å². The number of benzene rings is 2. The zero-order valence-corrected chi connectivity index (χ0v) is 15.2. The molecule has 0 atom stereocenters. The molecule has 6 nitrogen and oxygen atoms in total. The van der Waals surface area contributed by atoms with Crippen LogP contribution in [0.3, 0.4) is 0 Å². The van der Waals surface area contributed by atoms with E-state index in [2.05, 4.69) is 9.97 Å². The summed E-state index contributed by atoms with van der Waals surface area (Å²) in [6.45, 7) is 0. The summed E-state index contributed by atoms with van der Waals surface area (Å²) in [7, 11) is 4.83. The number of rotatable bonds is 5. The highest BCUT2D eigenvalue weighted by Crippen LogP contribution is 2.36. The van der Waals surface area contributed by atoms with Crippen LogP contribution in [0.15, 0.2) is 59.1 Å². The number of nitrogens with zero attached hydrogens (tertiary/aromatic N) is 2. The standard InChI is InChI=1S/C21H18N2O4/c1-24-14-7-8-16-18(12-14)27-21(23-16)15-5-4-10-22-20(15)13-6-9-17(25-2)19(11-13)26-3/h4-12H,1-3H3. The minimum absolute atomic E-state index is 0.496. The highest BCUT2D eigenvalue weighted by Gasteiger charge is 2.16. The summed E-state index contributed by atoms with van der Waals surface area (Å²) in [5.74, 6) is 2.51. The monoisotopic (exact) mass is 362 g/mol. The van der Waals surface area contributed by atoms with E-state index in [0.717, 1.165) is 28.1 Å². The first-order valence-electron chi connectivity index (χ1n) is 8.36. The van der Waals surface area contributed by atoms with E-state index in [1.807, 2.05) is 48.5 Å². The summed E-state index contributed by atoms with van der Waals surface area (Å²) in [5, 5.41) is 0. The van der Waals surface area contributed by atoms with Crippen molar-refractivity contribution >= 4 is 11.1 Å². The molecule has 27 heavy (non-hydrogen) atoms. The zero-order valence-electron chi connectivity index (χ0n) is 15.2. The molecule has 6 heteroatoms. The summed E-state index contributed by atoms with van der Waals surface area (Å²) in [5.41, 5.74) is 3.83. The van der Waals surface area contributed by atoms with Gasteiger partial charge in [0, 0.05) is 17.8 Å². The lowest BCUT2D eigenvalue weighted by Crippen LogP contribution is -1.93. The van der Waals surface area contributed by atoms with Gasteiger partial charge in [-0.15, -0.1) is 0 Å². The van der Waals surface area contributed by atoms with Gasteiger partial charge >= 0.3 is 0 Å². The number of hydrogen-bond donors (Lipinski definition) is 0. The van der Waals surface area contributed by atoms with Crippen LogP contribution in [0.25, 0.3) is 33.8 Å². The van der Waals surface area contributed by atoms with Crippen LogP contribution >= 0.6 is 0 Å². The lowest BCUT2D eigenvalue weighted by atomic mass is 10.1. The fraction of sp³-hybridized carbons (Fsp3) is 0.143. The Kier molecular flexibility index (Phi) is 4.38. The highest BCUT2D eigenvalue weighted by atomic mass is 16.5. The third-order valence-electron chi connectivity index (χ3n) is 4.29. The van der Waals surface area contributed by atoms with Crippen LogP contribution in [0.1, 0.15) is 0 Å². The maximum absolute atomic E-state index is 5.97. The van der Waals surface area contributed by atoms with Crippen LogP contribution < -0.4 is 14.2 Å². The van der Waals surface area contributed by atoms with E-state index in [1.165, 1.54) is 0 Å². The van der Waals surface area contributed by atoms with E-state index in [9.17, 15) is 0 Å². The largest absolute Gasteiger partial charge is 0.497 e. The summed E-state index contributed by atoms with van der Waals surface area (Å²) >= 11 is 0. The van der Waals surface area contributed by atoms with E-state index < -0.39 is 0 Å². The van der Waals surface area contributed by atoms with Gasteiger partial charge in [0.15, 0.2) is 17.1 Å². The van der Waals surface area contributed by atoms with Gasteiger partial charge in [0.25, 0.3) is 0 Å². The maximum Gasteiger partial charge on any atom is 0.229 e. The molecule has 0 saturated carbocycles. The van der Waals surface area contributed by atoms with Gasteiger partial charge in [0.2, 0.25) is 5.89 Å². The van der Waals surface area contributed by atoms with Crippen LogP contribution in [-0.4, -0.2) is 31.3 Å². The molecule has 0 spiro atoms. The number of fused-ring (bicyclic) bond motifs is 1. The molecule has 4 rings (SSSR count). The molecular formula is C21H18N2O4. The molecule has 136 valence electrons. The Morgan fingerprint density at radius 2 is 1.70 bits per heavy atom. The second-order valence-corrected chi connectivity index (χ2v) is 5.82. The Balaban J connectivity index is 1.84. The number of methoxy groups -OCH3 is 3. The Labute approximate surface area is 156 Å². The smallest absolute Gasteiger partial charge is 0.229 e. The lowest BCUT2D eigenvalue weighted by molar-refractivity contribution is 0.355. The average Bonchev–Trinajstić information content (AvgIpc) is 3.16. The molecular weight excluding hydrogens is 344 g/mol. The van der Waals surface area contributed by atoms with Gasteiger partial charge in [-0.2, -0.15) is 0 Å². The Hall–Kier alpha value is -3.54. The molecule has 0 aliphatic rings. The van der Waals surface area contributed by atoms with Crippen LogP contribution in [-0.2, 0) is 0 Å². The summed E-state index contributed by atoms with van der Waals surface area (Å²) < 4.78 is 22.0. The Morgan fingerprint density at radius 1 is 0.852 bits per heavy atom. The SMILES string of the molecule is COc1ccc2nc(-c3cccnc3-c3ccc(OC)c(OC)c3)oc2c1. The quantitative estimate of drug-likeness (QED) is 0.518. The van der Waals surface area contributed by atoms with Crippen molar-refractivity contribution in [2.75, 3.05) is 21.3 Å².